The molecule has 1 aromatic rings. The Balaban J connectivity index is 0.00000576. The smallest absolute Gasteiger partial charge is 0.191 e. The first-order valence-corrected chi connectivity index (χ1v) is 8.45. The summed E-state index contributed by atoms with van der Waals surface area (Å²) in [4.78, 5) is 6.93. The lowest BCUT2D eigenvalue weighted by atomic mass is 10.2. The predicted molar refractivity (Wildman–Crippen MR) is 116 cm³/mol. The van der Waals surface area contributed by atoms with Gasteiger partial charge in [0.05, 0.1) is 20.8 Å². The molecule has 144 valence electrons. The van der Waals surface area contributed by atoms with Crippen LogP contribution in [0.15, 0.2) is 23.2 Å². The molecule has 0 saturated heterocycles. The first-order chi connectivity index (χ1) is 11.5. The van der Waals surface area contributed by atoms with E-state index in [1.807, 2.05) is 18.2 Å². The molecule has 25 heavy (non-hydrogen) atoms. The van der Waals surface area contributed by atoms with E-state index in [4.69, 9.17) is 9.47 Å². The average Bonchev–Trinajstić information content (AvgIpc) is 2.58. The number of benzene rings is 1. The van der Waals surface area contributed by atoms with Crippen molar-refractivity contribution in [3.8, 4) is 11.5 Å². The lowest BCUT2D eigenvalue weighted by Crippen LogP contribution is -2.42. The van der Waals surface area contributed by atoms with Crippen molar-refractivity contribution in [3.63, 3.8) is 0 Å². The van der Waals surface area contributed by atoms with Gasteiger partial charge in [-0.3, -0.25) is 0 Å². The van der Waals surface area contributed by atoms with E-state index in [0.717, 1.165) is 42.7 Å². The number of rotatable bonds is 9. The van der Waals surface area contributed by atoms with Crippen LogP contribution in [0.1, 0.15) is 26.3 Å². The quantitative estimate of drug-likeness (QED) is 0.335. The summed E-state index contributed by atoms with van der Waals surface area (Å²) in [6.45, 7) is 9.68. The van der Waals surface area contributed by atoms with Crippen LogP contribution < -0.4 is 20.1 Å². The van der Waals surface area contributed by atoms with Crippen LogP contribution in [-0.2, 0) is 6.54 Å². The Hall–Kier alpha value is -1.22. The molecule has 0 aliphatic heterocycles. The summed E-state index contributed by atoms with van der Waals surface area (Å²) in [6.07, 6.45) is 0. The van der Waals surface area contributed by atoms with E-state index in [0.29, 0.717) is 12.6 Å². The van der Waals surface area contributed by atoms with Crippen LogP contribution in [-0.4, -0.2) is 57.8 Å². The first-order valence-electron chi connectivity index (χ1n) is 8.45. The van der Waals surface area contributed by atoms with Crippen LogP contribution in [0.3, 0.4) is 0 Å². The third kappa shape index (κ3) is 8.62. The molecule has 0 spiro atoms. The van der Waals surface area contributed by atoms with E-state index in [9.17, 15) is 0 Å². The van der Waals surface area contributed by atoms with E-state index in [-0.39, 0.29) is 24.0 Å². The molecule has 0 saturated carbocycles. The number of aliphatic imine (C=N–C) groups is 1. The minimum atomic E-state index is 0. The van der Waals surface area contributed by atoms with Crippen LogP contribution in [0.5, 0.6) is 11.5 Å². The number of guanidine groups is 1. The summed E-state index contributed by atoms with van der Waals surface area (Å²) >= 11 is 0. The van der Waals surface area contributed by atoms with Gasteiger partial charge in [-0.15, -0.1) is 24.0 Å². The van der Waals surface area contributed by atoms with E-state index >= 15 is 0 Å². The van der Waals surface area contributed by atoms with E-state index in [2.05, 4.69) is 48.3 Å². The molecule has 0 aromatic heterocycles. The molecule has 0 aliphatic rings. The van der Waals surface area contributed by atoms with Crippen molar-refractivity contribution in [1.29, 1.82) is 0 Å². The zero-order chi connectivity index (χ0) is 17.9. The minimum Gasteiger partial charge on any atom is -0.493 e. The Morgan fingerprint density at radius 1 is 1.16 bits per heavy atom. The highest BCUT2D eigenvalue weighted by atomic mass is 127. The Morgan fingerprint density at radius 3 is 2.40 bits per heavy atom. The molecule has 0 bridgehead atoms. The zero-order valence-electron chi connectivity index (χ0n) is 16.3. The first kappa shape index (κ1) is 23.8. The lowest BCUT2D eigenvalue weighted by Gasteiger charge is -2.21. The normalized spacial score (nSPS) is 11.3. The molecule has 0 radical (unpaired) electrons. The van der Waals surface area contributed by atoms with Gasteiger partial charge in [-0.1, -0.05) is 6.07 Å². The van der Waals surface area contributed by atoms with Gasteiger partial charge < -0.3 is 25.0 Å². The number of methoxy groups -OCH3 is 2. The van der Waals surface area contributed by atoms with Crippen LogP contribution in [0, 0.1) is 0 Å². The number of likely N-dealkylation sites (N-methyl/N-ethyl adjacent to an activating group) is 1. The van der Waals surface area contributed by atoms with Crippen molar-refractivity contribution in [2.75, 3.05) is 40.9 Å². The maximum Gasteiger partial charge on any atom is 0.191 e. The molecule has 7 heteroatoms. The molecule has 2 N–H and O–H groups in total. The number of hydrogen-bond donors (Lipinski definition) is 2. The van der Waals surface area contributed by atoms with Gasteiger partial charge in [0.1, 0.15) is 0 Å². The highest BCUT2D eigenvalue weighted by Gasteiger charge is 2.06. The number of ether oxygens (including phenoxy) is 2. The van der Waals surface area contributed by atoms with Gasteiger partial charge in [0.2, 0.25) is 0 Å². The maximum atomic E-state index is 5.33. The standard InChI is InChI=1S/C18H32N4O2.HI/c1-7-19-18(20-10-11-22(4)14(2)3)21-13-15-8-9-16(23-5)17(12-15)24-6;/h8-9,12,14H,7,10-11,13H2,1-6H3,(H2,19,20,21);1H. The van der Waals surface area contributed by atoms with Crippen molar-refractivity contribution >= 4 is 29.9 Å². The van der Waals surface area contributed by atoms with E-state index < -0.39 is 0 Å². The Labute approximate surface area is 169 Å². The van der Waals surface area contributed by atoms with Gasteiger partial charge in [-0.05, 0) is 45.5 Å². The molecule has 0 unspecified atom stereocenters. The van der Waals surface area contributed by atoms with E-state index in [1.54, 1.807) is 14.2 Å². The summed E-state index contributed by atoms with van der Waals surface area (Å²) in [5.41, 5.74) is 1.07. The molecule has 6 nitrogen and oxygen atoms in total. The Bertz CT molecular complexity index is 524. The summed E-state index contributed by atoms with van der Waals surface area (Å²) in [5.74, 6) is 2.28. The Morgan fingerprint density at radius 2 is 1.84 bits per heavy atom. The highest BCUT2D eigenvalue weighted by Crippen LogP contribution is 2.27. The fourth-order valence-electron chi connectivity index (χ4n) is 2.10. The molecule has 0 fully saturated rings. The molecular weight excluding hydrogens is 431 g/mol. The lowest BCUT2D eigenvalue weighted by molar-refractivity contribution is 0.278. The second-order valence-corrected chi connectivity index (χ2v) is 5.89. The van der Waals surface area contributed by atoms with Crippen molar-refractivity contribution in [2.24, 2.45) is 4.99 Å². The average molecular weight is 464 g/mol. The number of nitrogens with one attached hydrogen (secondary N) is 2. The molecule has 0 atom stereocenters. The predicted octanol–water partition coefficient (Wildman–Crippen LogP) is 2.72. The van der Waals surface area contributed by atoms with Gasteiger partial charge >= 0.3 is 0 Å². The highest BCUT2D eigenvalue weighted by molar-refractivity contribution is 14.0. The van der Waals surface area contributed by atoms with Gasteiger partial charge in [0.25, 0.3) is 0 Å². The topological polar surface area (TPSA) is 58.1 Å². The molecule has 0 amide bonds. The number of halogens is 1. The fraction of sp³-hybridized carbons (Fsp3) is 0.611. The Kier molecular flexibility index (Phi) is 12.4. The number of nitrogens with zero attached hydrogens (tertiary/aromatic N) is 2. The maximum absolute atomic E-state index is 5.33. The molecule has 0 aliphatic carbocycles. The van der Waals surface area contributed by atoms with Crippen molar-refractivity contribution in [2.45, 2.75) is 33.4 Å². The summed E-state index contributed by atoms with van der Waals surface area (Å²) in [5, 5.41) is 6.64. The second kappa shape index (κ2) is 13.0. The largest absolute Gasteiger partial charge is 0.493 e. The fourth-order valence-corrected chi connectivity index (χ4v) is 2.10. The molecule has 0 heterocycles. The van der Waals surface area contributed by atoms with Crippen LogP contribution in [0.25, 0.3) is 0 Å². The van der Waals surface area contributed by atoms with Crippen LogP contribution in [0.2, 0.25) is 0 Å². The molecule has 1 rings (SSSR count). The molecular formula is C18H33IN4O2. The summed E-state index contributed by atoms with van der Waals surface area (Å²) < 4.78 is 10.6. The van der Waals surface area contributed by atoms with Gasteiger partial charge in [-0.25, -0.2) is 4.99 Å². The molecule has 1 aromatic carbocycles. The van der Waals surface area contributed by atoms with Gasteiger partial charge in [-0.2, -0.15) is 0 Å². The van der Waals surface area contributed by atoms with Crippen molar-refractivity contribution in [3.05, 3.63) is 23.8 Å². The van der Waals surface area contributed by atoms with Gasteiger partial charge in [0.15, 0.2) is 17.5 Å². The second-order valence-electron chi connectivity index (χ2n) is 5.89. The van der Waals surface area contributed by atoms with Gasteiger partial charge in [0, 0.05) is 25.7 Å². The van der Waals surface area contributed by atoms with Crippen molar-refractivity contribution < 1.29 is 9.47 Å². The zero-order valence-corrected chi connectivity index (χ0v) is 18.6. The summed E-state index contributed by atoms with van der Waals surface area (Å²) in [6, 6.07) is 6.40. The third-order valence-electron chi connectivity index (χ3n) is 3.85. The monoisotopic (exact) mass is 464 g/mol. The van der Waals surface area contributed by atoms with Crippen LogP contribution in [0.4, 0.5) is 0 Å². The minimum absolute atomic E-state index is 0. The SMILES string of the molecule is CCNC(=NCc1ccc(OC)c(OC)c1)NCCN(C)C(C)C.I. The summed E-state index contributed by atoms with van der Waals surface area (Å²) in [7, 11) is 5.40. The van der Waals surface area contributed by atoms with Crippen LogP contribution >= 0.6 is 24.0 Å². The number of hydrogen-bond acceptors (Lipinski definition) is 4. The van der Waals surface area contributed by atoms with Crippen molar-refractivity contribution in [1.82, 2.24) is 15.5 Å². The third-order valence-corrected chi connectivity index (χ3v) is 3.85. The van der Waals surface area contributed by atoms with E-state index in [1.165, 1.54) is 0 Å².